The number of hydrogen-bond acceptors (Lipinski definition) is 4. The molecule has 3 aromatic rings. The number of halogens is 1. The Balaban J connectivity index is 1.70. The predicted octanol–water partition coefficient (Wildman–Crippen LogP) is 5.21. The number of anilines is 2. The Labute approximate surface area is 191 Å². The molecule has 0 aliphatic carbocycles. The van der Waals surface area contributed by atoms with Gasteiger partial charge in [0.2, 0.25) is 0 Å². The third-order valence-electron chi connectivity index (χ3n) is 4.46. The average molecular weight is 446 g/mol. The van der Waals surface area contributed by atoms with Gasteiger partial charge in [0.05, 0.1) is 0 Å². The Kier molecular flexibility index (Phi) is 7.63. The lowest BCUT2D eigenvalue weighted by Crippen LogP contribution is -2.20. The van der Waals surface area contributed by atoms with Gasteiger partial charge in [-0.3, -0.25) is 9.59 Å². The van der Waals surface area contributed by atoms with Gasteiger partial charge in [-0.2, -0.15) is 5.26 Å². The third-order valence-corrected chi connectivity index (χ3v) is 4.72. The molecule has 0 atom stereocenters. The van der Waals surface area contributed by atoms with E-state index in [1.807, 2.05) is 25.1 Å². The number of nitrogens with zero attached hydrogens (tertiary/aromatic N) is 1. The van der Waals surface area contributed by atoms with Crippen LogP contribution in [0.1, 0.15) is 11.1 Å². The fourth-order valence-electron chi connectivity index (χ4n) is 2.81. The number of carbonyl (C=O) groups is 2. The van der Waals surface area contributed by atoms with E-state index in [1.54, 1.807) is 60.7 Å². The predicted molar refractivity (Wildman–Crippen MR) is 125 cm³/mol. The second-order valence-electron chi connectivity index (χ2n) is 6.82. The molecule has 160 valence electrons. The van der Waals surface area contributed by atoms with Crippen molar-refractivity contribution in [2.24, 2.45) is 0 Å². The van der Waals surface area contributed by atoms with Gasteiger partial charge in [-0.15, -0.1) is 0 Å². The van der Waals surface area contributed by atoms with Gasteiger partial charge in [0, 0.05) is 22.0 Å². The first-order chi connectivity index (χ1) is 15.5. The van der Waals surface area contributed by atoms with Crippen LogP contribution < -0.4 is 15.4 Å². The van der Waals surface area contributed by atoms with Gasteiger partial charge in [0.1, 0.15) is 17.4 Å². The summed E-state index contributed by atoms with van der Waals surface area (Å²) in [7, 11) is 0. The van der Waals surface area contributed by atoms with Crippen molar-refractivity contribution in [1.82, 2.24) is 0 Å². The number of nitriles is 1. The Morgan fingerprint density at radius 3 is 2.41 bits per heavy atom. The van der Waals surface area contributed by atoms with Crippen LogP contribution in [0.2, 0.25) is 5.02 Å². The molecule has 0 heterocycles. The monoisotopic (exact) mass is 445 g/mol. The lowest BCUT2D eigenvalue weighted by molar-refractivity contribution is -0.118. The normalized spacial score (nSPS) is 10.7. The van der Waals surface area contributed by atoms with Crippen molar-refractivity contribution < 1.29 is 14.3 Å². The highest BCUT2D eigenvalue weighted by Crippen LogP contribution is 2.22. The molecule has 0 saturated carbocycles. The zero-order chi connectivity index (χ0) is 22.9. The molecule has 2 amide bonds. The van der Waals surface area contributed by atoms with E-state index < -0.39 is 5.91 Å². The first kappa shape index (κ1) is 22.6. The number of benzene rings is 3. The van der Waals surface area contributed by atoms with E-state index in [9.17, 15) is 14.9 Å². The minimum Gasteiger partial charge on any atom is -0.483 e. The van der Waals surface area contributed by atoms with E-state index in [-0.39, 0.29) is 18.1 Å². The maximum Gasteiger partial charge on any atom is 0.266 e. The zero-order valence-corrected chi connectivity index (χ0v) is 18.0. The number of nitrogens with one attached hydrogen (secondary N) is 2. The molecule has 7 heteroatoms. The quantitative estimate of drug-likeness (QED) is 0.385. The van der Waals surface area contributed by atoms with Crippen LogP contribution in [0.15, 0.2) is 78.4 Å². The van der Waals surface area contributed by atoms with Crippen molar-refractivity contribution in [2.45, 2.75) is 6.92 Å². The molecule has 0 unspecified atom stereocenters. The summed E-state index contributed by atoms with van der Waals surface area (Å²) in [6.07, 6.45) is 1.43. The van der Waals surface area contributed by atoms with Crippen LogP contribution in [0.25, 0.3) is 6.08 Å². The molecule has 0 saturated heterocycles. The van der Waals surface area contributed by atoms with Gasteiger partial charge in [-0.25, -0.2) is 0 Å². The Morgan fingerprint density at radius 2 is 1.69 bits per heavy atom. The lowest BCUT2D eigenvalue weighted by atomic mass is 10.1. The second-order valence-corrected chi connectivity index (χ2v) is 7.26. The standard InChI is InChI=1S/C25H20ClN3O3/c1-17-6-2-4-8-22(17)29-25(31)19(15-27)14-18-7-3-5-9-23(18)32-16-24(30)28-21-12-10-20(26)11-13-21/h2-14H,16H2,1H3,(H,28,30)(H,29,31)/b19-14+. The van der Waals surface area contributed by atoms with Crippen molar-refractivity contribution in [3.63, 3.8) is 0 Å². The highest BCUT2D eigenvalue weighted by atomic mass is 35.5. The summed E-state index contributed by atoms with van der Waals surface area (Å²) in [4.78, 5) is 24.8. The van der Waals surface area contributed by atoms with Crippen LogP contribution in [0, 0.1) is 18.3 Å². The molecule has 3 aromatic carbocycles. The molecule has 2 N–H and O–H groups in total. The molecule has 6 nitrogen and oxygen atoms in total. The number of para-hydroxylation sites is 2. The van der Waals surface area contributed by atoms with Crippen LogP contribution in [-0.2, 0) is 9.59 Å². The molecule has 0 radical (unpaired) electrons. The molecule has 0 bridgehead atoms. The van der Waals surface area contributed by atoms with Gasteiger partial charge >= 0.3 is 0 Å². The molecule has 32 heavy (non-hydrogen) atoms. The molecule has 0 fully saturated rings. The molecule has 0 spiro atoms. The number of rotatable bonds is 7. The molecule has 0 aliphatic rings. The summed E-state index contributed by atoms with van der Waals surface area (Å²) in [6.45, 7) is 1.62. The maximum atomic E-state index is 12.6. The average Bonchev–Trinajstić information content (AvgIpc) is 2.79. The lowest BCUT2D eigenvalue weighted by Gasteiger charge is -2.11. The van der Waals surface area contributed by atoms with Crippen molar-refractivity contribution in [3.8, 4) is 11.8 Å². The minimum absolute atomic E-state index is 0.0880. The largest absolute Gasteiger partial charge is 0.483 e. The van der Waals surface area contributed by atoms with Crippen molar-refractivity contribution in [3.05, 3.63) is 94.5 Å². The topological polar surface area (TPSA) is 91.2 Å². The van der Waals surface area contributed by atoms with E-state index in [0.717, 1.165) is 5.56 Å². The van der Waals surface area contributed by atoms with Gasteiger partial charge in [0.15, 0.2) is 6.61 Å². The van der Waals surface area contributed by atoms with E-state index in [1.165, 1.54) is 6.08 Å². The number of amides is 2. The van der Waals surface area contributed by atoms with Crippen LogP contribution in [-0.4, -0.2) is 18.4 Å². The fraction of sp³-hybridized carbons (Fsp3) is 0.0800. The van der Waals surface area contributed by atoms with Crippen molar-refractivity contribution in [2.75, 3.05) is 17.2 Å². The van der Waals surface area contributed by atoms with Crippen molar-refractivity contribution in [1.29, 1.82) is 5.26 Å². The van der Waals surface area contributed by atoms with Crippen LogP contribution in [0.3, 0.4) is 0 Å². The van der Waals surface area contributed by atoms with Gasteiger partial charge in [0.25, 0.3) is 11.8 Å². The summed E-state index contributed by atoms with van der Waals surface area (Å²) in [6, 6.07) is 22.8. The zero-order valence-electron chi connectivity index (χ0n) is 17.3. The minimum atomic E-state index is -0.530. The third kappa shape index (κ3) is 6.21. The maximum absolute atomic E-state index is 12.6. The summed E-state index contributed by atoms with van der Waals surface area (Å²) in [5.41, 5.74) is 2.52. The smallest absolute Gasteiger partial charge is 0.266 e. The first-order valence-electron chi connectivity index (χ1n) is 9.72. The number of ether oxygens (including phenoxy) is 1. The molecular weight excluding hydrogens is 426 g/mol. The molecule has 0 aromatic heterocycles. The fourth-order valence-corrected chi connectivity index (χ4v) is 2.94. The summed E-state index contributed by atoms with van der Waals surface area (Å²) >= 11 is 5.84. The van der Waals surface area contributed by atoms with E-state index in [4.69, 9.17) is 16.3 Å². The Bertz CT molecular complexity index is 1200. The van der Waals surface area contributed by atoms with E-state index in [2.05, 4.69) is 10.6 Å². The molecule has 3 rings (SSSR count). The first-order valence-corrected chi connectivity index (χ1v) is 10.1. The van der Waals surface area contributed by atoms with Crippen LogP contribution >= 0.6 is 11.6 Å². The summed E-state index contributed by atoms with van der Waals surface area (Å²) in [5, 5.41) is 15.5. The van der Waals surface area contributed by atoms with Crippen molar-refractivity contribution >= 4 is 40.9 Å². The number of hydrogen-bond donors (Lipinski definition) is 2. The van der Waals surface area contributed by atoms with Crippen LogP contribution in [0.4, 0.5) is 11.4 Å². The highest BCUT2D eigenvalue weighted by molar-refractivity contribution is 6.30. The molecular formula is C25H20ClN3O3. The summed E-state index contributed by atoms with van der Waals surface area (Å²) in [5.74, 6) is -0.517. The highest BCUT2D eigenvalue weighted by Gasteiger charge is 2.13. The van der Waals surface area contributed by atoms with Gasteiger partial charge in [-0.05, 0) is 55.0 Å². The van der Waals surface area contributed by atoms with Crippen LogP contribution in [0.5, 0.6) is 5.75 Å². The van der Waals surface area contributed by atoms with E-state index in [0.29, 0.717) is 27.7 Å². The second kappa shape index (κ2) is 10.8. The Morgan fingerprint density at radius 1 is 1.00 bits per heavy atom. The van der Waals surface area contributed by atoms with Gasteiger partial charge in [-0.1, -0.05) is 48.0 Å². The number of carbonyl (C=O) groups excluding carboxylic acids is 2. The molecule has 0 aliphatic heterocycles. The number of aryl methyl sites for hydroxylation is 1. The Hall–Kier alpha value is -4.08. The summed E-state index contributed by atoms with van der Waals surface area (Å²) < 4.78 is 5.63. The SMILES string of the molecule is Cc1ccccc1NC(=O)/C(C#N)=C/c1ccccc1OCC(=O)Nc1ccc(Cl)cc1. The van der Waals surface area contributed by atoms with Gasteiger partial charge < -0.3 is 15.4 Å². The van der Waals surface area contributed by atoms with E-state index >= 15 is 0 Å².